The van der Waals surface area contributed by atoms with Crippen molar-refractivity contribution in [2.75, 3.05) is 0 Å². The summed E-state index contributed by atoms with van der Waals surface area (Å²) in [6.45, 7) is 6.91. The van der Waals surface area contributed by atoms with E-state index in [0.717, 1.165) is 6.42 Å². The van der Waals surface area contributed by atoms with E-state index in [0.29, 0.717) is 5.75 Å². The van der Waals surface area contributed by atoms with Crippen LogP contribution in [-0.2, 0) is 6.42 Å². The molecule has 0 aliphatic carbocycles. The Kier molecular flexibility index (Phi) is 2.39. The molecular weight excluding hydrogens is 236 g/mol. The molecule has 2 heteroatoms. The van der Waals surface area contributed by atoms with Gasteiger partial charge in [0.1, 0.15) is 13.8 Å². The van der Waals surface area contributed by atoms with Crippen molar-refractivity contribution in [3.8, 4) is 5.75 Å². The van der Waals surface area contributed by atoms with E-state index in [1.807, 2.05) is 12.1 Å². The summed E-state index contributed by atoms with van der Waals surface area (Å²) in [5, 5.41) is 12.7. The van der Waals surface area contributed by atoms with Crippen LogP contribution in [-0.4, -0.2) is 13.2 Å². The molecule has 0 saturated carbocycles. The minimum Gasteiger partial charge on any atom is -0.508 e. The second kappa shape index (κ2) is 3.72. The Morgan fingerprint density at radius 1 is 0.944 bits per heavy atom. The Balaban J connectivity index is 2.27. The number of phenolic OH excluding ortho intramolecular Hbond substituents is 1. The molecule has 1 N–H and O–H groups in total. The van der Waals surface area contributed by atoms with Gasteiger partial charge in [0.15, 0.2) is 0 Å². The number of phenols is 1. The van der Waals surface area contributed by atoms with Crippen molar-refractivity contribution in [1.82, 2.24) is 0 Å². The lowest BCUT2D eigenvalue weighted by Gasteiger charge is -2.33. The first-order valence-electron chi connectivity index (χ1n) is 6.41. The molecule has 2 aromatic carbocycles. The second-order valence-electron chi connectivity index (χ2n) is 5.80. The average Bonchev–Trinajstić information content (AvgIpc) is 2.32. The average molecular weight is 254 g/mol. The highest BCUT2D eigenvalue weighted by molar-refractivity contribution is 7.01. The van der Waals surface area contributed by atoms with E-state index < -0.39 is 8.07 Å². The second-order valence-corrected chi connectivity index (χ2v) is 10.1. The third-order valence-electron chi connectivity index (χ3n) is 4.09. The fourth-order valence-corrected chi connectivity index (χ4v) is 6.41. The summed E-state index contributed by atoms with van der Waals surface area (Å²) in [4.78, 5) is 0. The van der Waals surface area contributed by atoms with Crippen LogP contribution in [0.1, 0.15) is 16.7 Å². The standard InChI is InChI=1S/C16H18OSi/c1-11-4-5-12-9-13-6-7-14(17)10-16(13)18(2,3)15(12)8-11/h4-8,10,17H,9H2,1-3H3. The topological polar surface area (TPSA) is 20.2 Å². The van der Waals surface area contributed by atoms with Crippen LogP contribution in [0.2, 0.25) is 13.1 Å². The lowest BCUT2D eigenvalue weighted by molar-refractivity contribution is 0.475. The first-order valence-corrected chi connectivity index (χ1v) is 9.41. The molecule has 3 rings (SSSR count). The van der Waals surface area contributed by atoms with Crippen molar-refractivity contribution in [2.45, 2.75) is 26.4 Å². The molecule has 0 unspecified atom stereocenters. The molecule has 0 fully saturated rings. The Morgan fingerprint density at radius 3 is 2.28 bits per heavy atom. The summed E-state index contributed by atoms with van der Waals surface area (Å²) in [6.07, 6.45) is 1.00. The maximum Gasteiger partial charge on any atom is 0.115 e. The zero-order chi connectivity index (χ0) is 12.9. The Labute approximate surface area is 109 Å². The van der Waals surface area contributed by atoms with Crippen LogP contribution in [0.3, 0.4) is 0 Å². The van der Waals surface area contributed by atoms with Gasteiger partial charge in [-0.2, -0.15) is 0 Å². The summed E-state index contributed by atoms with van der Waals surface area (Å²) in [6, 6.07) is 12.7. The molecule has 1 aliphatic heterocycles. The van der Waals surface area contributed by atoms with Crippen LogP contribution in [0.25, 0.3) is 0 Å². The van der Waals surface area contributed by atoms with Crippen molar-refractivity contribution in [3.63, 3.8) is 0 Å². The SMILES string of the molecule is Cc1ccc2c(c1)[Si](C)(C)c1cc(O)ccc1C2. The summed E-state index contributed by atoms with van der Waals surface area (Å²) < 4.78 is 0. The number of rotatable bonds is 0. The third-order valence-corrected chi connectivity index (χ3v) is 7.71. The Morgan fingerprint density at radius 2 is 1.56 bits per heavy atom. The molecule has 1 aliphatic rings. The van der Waals surface area contributed by atoms with E-state index in [9.17, 15) is 5.11 Å². The van der Waals surface area contributed by atoms with Gasteiger partial charge in [-0.3, -0.25) is 0 Å². The fraction of sp³-hybridized carbons (Fsp3) is 0.250. The first kappa shape index (κ1) is 11.5. The van der Waals surface area contributed by atoms with Crippen molar-refractivity contribution in [1.29, 1.82) is 0 Å². The Bertz CT molecular complexity index is 575. The van der Waals surface area contributed by atoms with Gasteiger partial charge in [0, 0.05) is 0 Å². The van der Waals surface area contributed by atoms with Crippen molar-refractivity contribution in [2.24, 2.45) is 0 Å². The van der Waals surface area contributed by atoms with Crippen LogP contribution in [0.4, 0.5) is 0 Å². The molecule has 0 saturated heterocycles. The summed E-state index contributed by atoms with van der Waals surface area (Å²) in [7, 11) is -1.65. The molecule has 0 radical (unpaired) electrons. The number of hydrogen-bond acceptors (Lipinski definition) is 1. The summed E-state index contributed by atoms with van der Waals surface area (Å²) in [5.74, 6) is 0.394. The predicted molar refractivity (Wildman–Crippen MR) is 78.8 cm³/mol. The van der Waals surface area contributed by atoms with E-state index in [1.54, 1.807) is 0 Å². The molecular formula is C16H18OSi. The predicted octanol–water partition coefficient (Wildman–Crippen LogP) is 2.43. The quantitative estimate of drug-likeness (QED) is 0.716. The third kappa shape index (κ3) is 1.60. The number of fused-ring (bicyclic) bond motifs is 2. The number of hydrogen-bond donors (Lipinski definition) is 1. The summed E-state index contributed by atoms with van der Waals surface area (Å²) in [5.41, 5.74) is 4.19. The monoisotopic (exact) mass is 254 g/mol. The maximum atomic E-state index is 9.75. The molecule has 0 atom stereocenters. The molecule has 2 aromatic rings. The van der Waals surface area contributed by atoms with Crippen LogP contribution in [0.5, 0.6) is 5.75 Å². The van der Waals surface area contributed by atoms with Gasteiger partial charge in [0.2, 0.25) is 0 Å². The minimum atomic E-state index is -1.65. The van der Waals surface area contributed by atoms with E-state index in [1.165, 1.54) is 27.1 Å². The smallest absolute Gasteiger partial charge is 0.115 e. The summed E-state index contributed by atoms with van der Waals surface area (Å²) >= 11 is 0. The van der Waals surface area contributed by atoms with Gasteiger partial charge < -0.3 is 5.11 Å². The first-order chi connectivity index (χ1) is 8.48. The molecule has 1 heterocycles. The van der Waals surface area contributed by atoms with E-state index in [2.05, 4.69) is 44.3 Å². The zero-order valence-corrected chi connectivity index (χ0v) is 12.1. The van der Waals surface area contributed by atoms with Gasteiger partial charge >= 0.3 is 0 Å². The van der Waals surface area contributed by atoms with Gasteiger partial charge in [-0.1, -0.05) is 48.1 Å². The lowest BCUT2D eigenvalue weighted by atomic mass is 10.0. The largest absolute Gasteiger partial charge is 0.508 e. The van der Waals surface area contributed by atoms with Crippen LogP contribution >= 0.6 is 0 Å². The molecule has 92 valence electrons. The van der Waals surface area contributed by atoms with E-state index >= 15 is 0 Å². The fourth-order valence-electron chi connectivity index (χ4n) is 3.08. The van der Waals surface area contributed by atoms with Crippen LogP contribution < -0.4 is 10.4 Å². The van der Waals surface area contributed by atoms with Gasteiger partial charge in [0.25, 0.3) is 0 Å². The van der Waals surface area contributed by atoms with Gasteiger partial charge in [-0.15, -0.1) is 0 Å². The van der Waals surface area contributed by atoms with Crippen molar-refractivity contribution in [3.05, 3.63) is 53.1 Å². The van der Waals surface area contributed by atoms with E-state index in [4.69, 9.17) is 0 Å². The van der Waals surface area contributed by atoms with Gasteiger partial charge in [0.05, 0.1) is 0 Å². The molecule has 0 amide bonds. The Hall–Kier alpha value is -1.54. The highest BCUT2D eigenvalue weighted by atomic mass is 28.3. The number of aryl methyl sites for hydroxylation is 1. The highest BCUT2D eigenvalue weighted by Crippen LogP contribution is 2.23. The van der Waals surface area contributed by atoms with Crippen molar-refractivity contribution >= 4 is 18.4 Å². The molecule has 1 nitrogen and oxygen atoms in total. The normalized spacial score (nSPS) is 15.9. The van der Waals surface area contributed by atoms with Gasteiger partial charge in [-0.05, 0) is 41.8 Å². The number of benzene rings is 2. The van der Waals surface area contributed by atoms with E-state index in [-0.39, 0.29) is 0 Å². The maximum absolute atomic E-state index is 9.75. The van der Waals surface area contributed by atoms with Gasteiger partial charge in [-0.25, -0.2) is 0 Å². The molecule has 0 bridgehead atoms. The highest BCUT2D eigenvalue weighted by Gasteiger charge is 2.34. The van der Waals surface area contributed by atoms with Crippen LogP contribution in [0, 0.1) is 6.92 Å². The van der Waals surface area contributed by atoms with Crippen molar-refractivity contribution < 1.29 is 5.11 Å². The molecule has 0 aromatic heterocycles. The molecule has 0 spiro atoms. The minimum absolute atomic E-state index is 0.394. The number of aromatic hydroxyl groups is 1. The zero-order valence-electron chi connectivity index (χ0n) is 11.1. The van der Waals surface area contributed by atoms with Crippen LogP contribution in [0.15, 0.2) is 36.4 Å². The lowest BCUT2D eigenvalue weighted by Crippen LogP contribution is -2.58. The molecule has 18 heavy (non-hydrogen) atoms.